The lowest BCUT2D eigenvalue weighted by Gasteiger charge is -2.04. The maximum absolute atomic E-state index is 11.9. The van der Waals surface area contributed by atoms with Crippen LogP contribution in [-0.2, 0) is 0 Å². The fourth-order valence-corrected chi connectivity index (χ4v) is 1.52. The summed E-state index contributed by atoms with van der Waals surface area (Å²) in [6, 6.07) is 7.29. The third kappa shape index (κ3) is 3.01. The first-order chi connectivity index (χ1) is 8.15. The molecule has 0 saturated carbocycles. The third-order valence-electron chi connectivity index (χ3n) is 2.13. The van der Waals surface area contributed by atoms with Crippen LogP contribution < -0.4 is 5.32 Å². The quantitative estimate of drug-likeness (QED) is 0.888. The van der Waals surface area contributed by atoms with Crippen LogP contribution in [0.3, 0.4) is 0 Å². The minimum Gasteiger partial charge on any atom is -0.305 e. The lowest BCUT2D eigenvalue weighted by Crippen LogP contribution is -2.13. The Morgan fingerprint density at radius 2 is 2.18 bits per heavy atom. The molecule has 0 unspecified atom stereocenters. The molecule has 1 amide bonds. The Morgan fingerprint density at radius 3 is 2.88 bits per heavy atom. The number of halogens is 1. The number of nitrogens with zero attached hydrogens (tertiary/aromatic N) is 2. The molecule has 0 fully saturated rings. The number of rotatable bonds is 2. The number of carbonyl (C=O) groups is 1. The molecule has 2 rings (SSSR count). The Morgan fingerprint density at radius 1 is 1.35 bits per heavy atom. The van der Waals surface area contributed by atoms with Crippen LogP contribution in [0.25, 0.3) is 0 Å². The number of carbonyl (C=O) groups excluding carboxylic acids is 1. The van der Waals surface area contributed by atoms with E-state index in [1.165, 1.54) is 12.4 Å². The van der Waals surface area contributed by atoms with Gasteiger partial charge in [-0.2, -0.15) is 0 Å². The van der Waals surface area contributed by atoms with Crippen LogP contribution in [0.5, 0.6) is 0 Å². The molecule has 1 aromatic carbocycles. The largest absolute Gasteiger partial charge is 0.305 e. The van der Waals surface area contributed by atoms with Gasteiger partial charge in [0.1, 0.15) is 5.15 Å². The summed E-state index contributed by atoms with van der Waals surface area (Å²) >= 11 is 5.67. The van der Waals surface area contributed by atoms with Crippen molar-refractivity contribution in [1.29, 1.82) is 0 Å². The second kappa shape index (κ2) is 4.93. The van der Waals surface area contributed by atoms with E-state index < -0.39 is 0 Å². The SMILES string of the molecule is Cc1cccc(C(=O)Nc2cncc(Cl)n2)c1. The molecule has 17 heavy (non-hydrogen) atoms. The molecule has 0 atom stereocenters. The van der Waals surface area contributed by atoms with Gasteiger partial charge in [0.25, 0.3) is 5.91 Å². The Bertz CT molecular complexity index is 557. The monoisotopic (exact) mass is 247 g/mol. The van der Waals surface area contributed by atoms with Crippen molar-refractivity contribution in [1.82, 2.24) is 9.97 Å². The molecule has 0 aliphatic heterocycles. The average molecular weight is 248 g/mol. The zero-order chi connectivity index (χ0) is 12.3. The number of hydrogen-bond acceptors (Lipinski definition) is 3. The Kier molecular flexibility index (Phi) is 3.35. The number of amides is 1. The van der Waals surface area contributed by atoms with Crippen molar-refractivity contribution in [2.24, 2.45) is 0 Å². The van der Waals surface area contributed by atoms with E-state index in [2.05, 4.69) is 15.3 Å². The topological polar surface area (TPSA) is 54.9 Å². The van der Waals surface area contributed by atoms with Crippen LogP contribution in [0.1, 0.15) is 15.9 Å². The molecular weight excluding hydrogens is 238 g/mol. The summed E-state index contributed by atoms with van der Waals surface area (Å²) in [7, 11) is 0. The van der Waals surface area contributed by atoms with Crippen molar-refractivity contribution in [3.8, 4) is 0 Å². The molecule has 1 N–H and O–H groups in total. The van der Waals surface area contributed by atoms with Crippen molar-refractivity contribution in [2.45, 2.75) is 6.92 Å². The average Bonchev–Trinajstić information content (AvgIpc) is 2.29. The summed E-state index contributed by atoms with van der Waals surface area (Å²) in [5, 5.41) is 2.87. The first-order valence-electron chi connectivity index (χ1n) is 5.01. The summed E-state index contributed by atoms with van der Waals surface area (Å²) in [6.07, 6.45) is 2.85. The first-order valence-corrected chi connectivity index (χ1v) is 5.38. The van der Waals surface area contributed by atoms with E-state index in [4.69, 9.17) is 11.6 Å². The minimum absolute atomic E-state index is 0.231. The fraction of sp³-hybridized carbons (Fsp3) is 0.0833. The highest BCUT2D eigenvalue weighted by molar-refractivity contribution is 6.29. The van der Waals surface area contributed by atoms with E-state index >= 15 is 0 Å². The number of anilines is 1. The number of nitrogens with one attached hydrogen (secondary N) is 1. The van der Waals surface area contributed by atoms with E-state index in [1.807, 2.05) is 19.1 Å². The van der Waals surface area contributed by atoms with Gasteiger partial charge in [0.05, 0.1) is 12.4 Å². The zero-order valence-corrected chi connectivity index (χ0v) is 9.90. The van der Waals surface area contributed by atoms with Gasteiger partial charge < -0.3 is 5.32 Å². The molecule has 0 saturated heterocycles. The summed E-state index contributed by atoms with van der Waals surface area (Å²) in [6.45, 7) is 1.93. The van der Waals surface area contributed by atoms with Gasteiger partial charge in [-0.3, -0.25) is 9.78 Å². The van der Waals surface area contributed by atoms with Crippen molar-refractivity contribution in [3.63, 3.8) is 0 Å². The number of aromatic nitrogens is 2. The summed E-state index contributed by atoms with van der Waals surface area (Å²) in [5.74, 6) is 0.106. The molecule has 0 aliphatic rings. The van der Waals surface area contributed by atoms with Gasteiger partial charge in [-0.25, -0.2) is 4.98 Å². The highest BCUT2D eigenvalue weighted by Crippen LogP contribution is 2.10. The maximum atomic E-state index is 11.9. The normalized spacial score (nSPS) is 10.0. The van der Waals surface area contributed by atoms with Crippen LogP contribution in [-0.4, -0.2) is 15.9 Å². The van der Waals surface area contributed by atoms with Gasteiger partial charge in [0.15, 0.2) is 5.82 Å². The minimum atomic E-state index is -0.231. The van der Waals surface area contributed by atoms with Crippen LogP contribution in [0.15, 0.2) is 36.7 Å². The van der Waals surface area contributed by atoms with E-state index in [1.54, 1.807) is 12.1 Å². The van der Waals surface area contributed by atoms with E-state index in [-0.39, 0.29) is 11.1 Å². The highest BCUT2D eigenvalue weighted by Gasteiger charge is 2.07. The van der Waals surface area contributed by atoms with Gasteiger partial charge in [-0.15, -0.1) is 0 Å². The fourth-order valence-electron chi connectivity index (χ4n) is 1.38. The molecular formula is C12H10ClN3O. The molecule has 5 heteroatoms. The molecule has 1 heterocycles. The second-order valence-electron chi connectivity index (χ2n) is 3.55. The Balaban J connectivity index is 2.17. The van der Waals surface area contributed by atoms with Gasteiger partial charge in [0, 0.05) is 5.56 Å². The van der Waals surface area contributed by atoms with Gasteiger partial charge in [-0.05, 0) is 19.1 Å². The van der Waals surface area contributed by atoms with Crippen LogP contribution in [0, 0.1) is 6.92 Å². The lowest BCUT2D eigenvalue weighted by atomic mass is 10.1. The lowest BCUT2D eigenvalue weighted by molar-refractivity contribution is 0.102. The first kappa shape index (κ1) is 11.5. The summed E-state index contributed by atoms with van der Waals surface area (Å²) in [4.78, 5) is 19.6. The van der Waals surface area contributed by atoms with Crippen LogP contribution in [0.2, 0.25) is 5.15 Å². The van der Waals surface area contributed by atoms with Gasteiger partial charge in [-0.1, -0.05) is 29.3 Å². The standard InChI is InChI=1S/C12H10ClN3O/c1-8-3-2-4-9(5-8)12(17)16-11-7-14-6-10(13)15-11/h2-7H,1H3,(H,15,16,17). The predicted molar refractivity (Wildman–Crippen MR) is 66.2 cm³/mol. The molecule has 0 spiro atoms. The Hall–Kier alpha value is -1.94. The summed E-state index contributed by atoms with van der Waals surface area (Å²) in [5.41, 5.74) is 1.60. The molecule has 1 aromatic heterocycles. The van der Waals surface area contributed by atoms with Crippen molar-refractivity contribution in [3.05, 3.63) is 52.9 Å². The number of benzene rings is 1. The molecule has 0 radical (unpaired) electrons. The number of aryl methyl sites for hydroxylation is 1. The molecule has 4 nitrogen and oxygen atoms in total. The van der Waals surface area contributed by atoms with Gasteiger partial charge in [0.2, 0.25) is 0 Å². The third-order valence-corrected chi connectivity index (χ3v) is 2.31. The van der Waals surface area contributed by atoms with Crippen molar-refractivity contribution < 1.29 is 4.79 Å². The van der Waals surface area contributed by atoms with Gasteiger partial charge >= 0.3 is 0 Å². The predicted octanol–water partition coefficient (Wildman–Crippen LogP) is 2.69. The van der Waals surface area contributed by atoms with E-state index in [0.717, 1.165) is 5.56 Å². The van der Waals surface area contributed by atoms with Crippen molar-refractivity contribution in [2.75, 3.05) is 5.32 Å². The molecule has 2 aromatic rings. The molecule has 0 aliphatic carbocycles. The van der Waals surface area contributed by atoms with E-state index in [0.29, 0.717) is 11.4 Å². The summed E-state index contributed by atoms with van der Waals surface area (Å²) < 4.78 is 0. The Labute approximate surface area is 104 Å². The molecule has 86 valence electrons. The molecule has 0 bridgehead atoms. The van der Waals surface area contributed by atoms with Crippen LogP contribution in [0.4, 0.5) is 5.82 Å². The van der Waals surface area contributed by atoms with Crippen LogP contribution >= 0.6 is 11.6 Å². The second-order valence-corrected chi connectivity index (χ2v) is 3.94. The smallest absolute Gasteiger partial charge is 0.256 e. The van der Waals surface area contributed by atoms with Crippen molar-refractivity contribution >= 4 is 23.3 Å². The van der Waals surface area contributed by atoms with E-state index in [9.17, 15) is 4.79 Å². The highest BCUT2D eigenvalue weighted by atomic mass is 35.5. The maximum Gasteiger partial charge on any atom is 0.256 e. The zero-order valence-electron chi connectivity index (χ0n) is 9.14. The number of hydrogen-bond donors (Lipinski definition) is 1.